The molecule has 10 heavy (non-hydrogen) atoms. The molecule has 0 aromatic carbocycles. The van der Waals surface area contributed by atoms with Crippen molar-refractivity contribution in [1.29, 1.82) is 0 Å². The molecule has 0 saturated carbocycles. The first kappa shape index (κ1) is 9.72. The van der Waals surface area contributed by atoms with Crippen LogP contribution >= 0.6 is 0 Å². The number of alkyl halides is 4. The number of hydrogen-bond donors (Lipinski definition) is 0. The van der Waals surface area contributed by atoms with Crippen LogP contribution in [-0.4, -0.2) is 12.3 Å². The predicted octanol–water partition coefficient (Wildman–Crippen LogP) is 2.89. The molecular formula is C6H9F4. The van der Waals surface area contributed by atoms with Crippen molar-refractivity contribution in [3.8, 4) is 0 Å². The van der Waals surface area contributed by atoms with Crippen LogP contribution in [-0.2, 0) is 0 Å². The van der Waals surface area contributed by atoms with Gasteiger partial charge in [0.15, 0.2) is 0 Å². The SMILES string of the molecule is [CH2]CC(F)(F)CCC(F)F. The minimum atomic E-state index is -3.02. The Bertz CT molecular complexity index is 89.7. The normalized spacial score (nSPS) is 12.6. The highest BCUT2D eigenvalue weighted by molar-refractivity contribution is 4.67. The number of rotatable bonds is 4. The van der Waals surface area contributed by atoms with Crippen molar-refractivity contribution in [1.82, 2.24) is 0 Å². The third-order valence-electron chi connectivity index (χ3n) is 1.09. The molecule has 0 rings (SSSR count). The van der Waals surface area contributed by atoms with Gasteiger partial charge in [-0.2, -0.15) is 0 Å². The number of halogens is 4. The summed E-state index contributed by atoms with van der Waals surface area (Å²) in [6, 6.07) is 0. The molecule has 4 heteroatoms. The summed E-state index contributed by atoms with van der Waals surface area (Å²) in [5, 5.41) is 0. The van der Waals surface area contributed by atoms with Crippen molar-refractivity contribution < 1.29 is 17.6 Å². The van der Waals surface area contributed by atoms with Crippen molar-refractivity contribution in [2.45, 2.75) is 31.6 Å². The van der Waals surface area contributed by atoms with E-state index in [9.17, 15) is 17.6 Å². The molecule has 0 saturated heterocycles. The lowest BCUT2D eigenvalue weighted by molar-refractivity contribution is -0.0222. The maximum absolute atomic E-state index is 12.1. The van der Waals surface area contributed by atoms with Crippen LogP contribution in [0.15, 0.2) is 0 Å². The third-order valence-corrected chi connectivity index (χ3v) is 1.09. The fourth-order valence-electron chi connectivity index (χ4n) is 0.445. The molecule has 0 aliphatic heterocycles. The summed E-state index contributed by atoms with van der Waals surface area (Å²) in [5.74, 6) is -3.02. The molecule has 0 N–H and O–H groups in total. The zero-order valence-electron chi connectivity index (χ0n) is 5.42. The zero-order valence-corrected chi connectivity index (χ0v) is 5.42. The maximum atomic E-state index is 12.1. The largest absolute Gasteiger partial charge is 0.248 e. The summed E-state index contributed by atoms with van der Waals surface area (Å²) in [4.78, 5) is 0. The maximum Gasteiger partial charge on any atom is 0.248 e. The van der Waals surface area contributed by atoms with Gasteiger partial charge in [0, 0.05) is 19.3 Å². The molecule has 1 radical (unpaired) electrons. The molecule has 0 amide bonds. The monoisotopic (exact) mass is 157 g/mol. The van der Waals surface area contributed by atoms with Gasteiger partial charge in [-0.25, -0.2) is 17.6 Å². The van der Waals surface area contributed by atoms with Gasteiger partial charge in [-0.15, -0.1) is 0 Å². The smallest absolute Gasteiger partial charge is 0.211 e. The Labute approximate surface area is 57.2 Å². The topological polar surface area (TPSA) is 0 Å². The van der Waals surface area contributed by atoms with Gasteiger partial charge < -0.3 is 0 Å². The first-order valence-electron chi connectivity index (χ1n) is 2.93. The lowest BCUT2D eigenvalue weighted by Crippen LogP contribution is -2.15. The van der Waals surface area contributed by atoms with Crippen molar-refractivity contribution in [2.24, 2.45) is 0 Å². The molecule has 0 fully saturated rings. The Hall–Kier alpha value is -0.280. The lowest BCUT2D eigenvalue weighted by Gasteiger charge is -2.12. The van der Waals surface area contributed by atoms with E-state index < -0.39 is 31.6 Å². The van der Waals surface area contributed by atoms with E-state index in [0.717, 1.165) is 0 Å². The Morgan fingerprint density at radius 2 is 1.80 bits per heavy atom. The van der Waals surface area contributed by atoms with Gasteiger partial charge in [0.25, 0.3) is 0 Å². The van der Waals surface area contributed by atoms with Crippen LogP contribution in [0.4, 0.5) is 17.6 Å². The summed E-state index contributed by atoms with van der Waals surface area (Å²) in [5.41, 5.74) is 0. The molecule has 0 bridgehead atoms. The second kappa shape index (κ2) is 3.78. The van der Waals surface area contributed by atoms with E-state index in [1.54, 1.807) is 0 Å². The molecule has 0 heterocycles. The second-order valence-electron chi connectivity index (χ2n) is 2.04. The summed E-state index contributed by atoms with van der Waals surface area (Å²) in [6.07, 6.45) is -4.77. The van der Waals surface area contributed by atoms with Gasteiger partial charge in [0.05, 0.1) is 0 Å². The standard InChI is InChI=1S/C6H9F4/c1-2-6(9,10)4-3-5(7)8/h5H,1-4H2. The van der Waals surface area contributed by atoms with Crippen LogP contribution in [0.3, 0.4) is 0 Å². The lowest BCUT2D eigenvalue weighted by atomic mass is 10.1. The second-order valence-corrected chi connectivity index (χ2v) is 2.04. The van der Waals surface area contributed by atoms with Crippen LogP contribution in [0, 0.1) is 6.92 Å². The van der Waals surface area contributed by atoms with Gasteiger partial charge >= 0.3 is 0 Å². The minimum absolute atomic E-state index is 0.611. The summed E-state index contributed by atoms with van der Waals surface area (Å²) < 4.78 is 46.9. The zero-order chi connectivity index (χ0) is 8.20. The van der Waals surface area contributed by atoms with E-state index in [2.05, 4.69) is 6.92 Å². The van der Waals surface area contributed by atoms with Crippen molar-refractivity contribution >= 4 is 0 Å². The molecule has 61 valence electrons. The van der Waals surface area contributed by atoms with E-state index >= 15 is 0 Å². The van der Waals surface area contributed by atoms with E-state index in [-0.39, 0.29) is 0 Å². The molecule has 0 aliphatic rings. The van der Waals surface area contributed by atoms with Gasteiger partial charge in [0.1, 0.15) is 0 Å². The van der Waals surface area contributed by atoms with Gasteiger partial charge in [-0.05, 0) is 6.92 Å². The average Bonchev–Trinajstić information content (AvgIpc) is 1.85. The fourth-order valence-corrected chi connectivity index (χ4v) is 0.445. The molecule has 0 nitrogen and oxygen atoms in total. The number of hydrogen-bond acceptors (Lipinski definition) is 0. The summed E-state index contributed by atoms with van der Waals surface area (Å²) in [7, 11) is 0. The molecular weight excluding hydrogens is 148 g/mol. The van der Waals surface area contributed by atoms with Crippen molar-refractivity contribution in [3.05, 3.63) is 6.92 Å². The Kier molecular flexibility index (Phi) is 3.68. The Balaban J connectivity index is 3.46. The first-order chi connectivity index (χ1) is 4.48. The summed E-state index contributed by atoms with van der Waals surface area (Å²) in [6.45, 7) is 2.94. The molecule has 0 aromatic rings. The fraction of sp³-hybridized carbons (Fsp3) is 0.833. The highest BCUT2D eigenvalue weighted by Gasteiger charge is 2.26. The van der Waals surface area contributed by atoms with Crippen LogP contribution < -0.4 is 0 Å². The minimum Gasteiger partial charge on any atom is -0.211 e. The Morgan fingerprint density at radius 3 is 2.10 bits per heavy atom. The van der Waals surface area contributed by atoms with E-state index in [1.165, 1.54) is 0 Å². The molecule has 0 unspecified atom stereocenters. The van der Waals surface area contributed by atoms with Gasteiger partial charge in [-0.1, -0.05) is 0 Å². The van der Waals surface area contributed by atoms with Crippen molar-refractivity contribution in [2.75, 3.05) is 0 Å². The van der Waals surface area contributed by atoms with Crippen LogP contribution in [0.5, 0.6) is 0 Å². The van der Waals surface area contributed by atoms with Crippen LogP contribution in [0.2, 0.25) is 0 Å². The Morgan fingerprint density at radius 1 is 1.30 bits per heavy atom. The highest BCUT2D eigenvalue weighted by atomic mass is 19.3. The van der Waals surface area contributed by atoms with Gasteiger partial charge in [0.2, 0.25) is 12.3 Å². The van der Waals surface area contributed by atoms with Crippen LogP contribution in [0.25, 0.3) is 0 Å². The van der Waals surface area contributed by atoms with E-state index in [4.69, 9.17) is 0 Å². The summed E-state index contributed by atoms with van der Waals surface area (Å²) >= 11 is 0. The first-order valence-corrected chi connectivity index (χ1v) is 2.93. The highest BCUT2D eigenvalue weighted by Crippen LogP contribution is 2.25. The average molecular weight is 157 g/mol. The molecule has 0 aliphatic carbocycles. The molecule has 0 aromatic heterocycles. The van der Waals surface area contributed by atoms with Gasteiger partial charge in [-0.3, -0.25) is 0 Å². The third kappa shape index (κ3) is 4.58. The molecule has 0 atom stereocenters. The van der Waals surface area contributed by atoms with Crippen molar-refractivity contribution in [3.63, 3.8) is 0 Å². The molecule has 0 spiro atoms. The quantitative estimate of drug-likeness (QED) is 0.550. The van der Waals surface area contributed by atoms with Crippen LogP contribution in [0.1, 0.15) is 19.3 Å². The van der Waals surface area contributed by atoms with E-state index in [0.29, 0.717) is 0 Å². The predicted molar refractivity (Wildman–Crippen MR) is 30.2 cm³/mol. The van der Waals surface area contributed by atoms with E-state index in [1.807, 2.05) is 0 Å².